The fourth-order valence-electron chi connectivity index (χ4n) is 1.19. The fraction of sp³-hybridized carbons (Fsp3) is 0.125. The Balaban J connectivity index is 2.93. The first kappa shape index (κ1) is 9.54. The predicted molar refractivity (Wildman–Crippen MR) is 52.7 cm³/mol. The van der Waals surface area contributed by atoms with E-state index in [1.165, 1.54) is 11.6 Å². The standard InChI is InChI=1S/C8H6FNO2S2/c1-14(11,12)6-3-2-5(9)8-7(6)10-4-13-8/h2-4H,1H3. The SMILES string of the molecule is CS(=O)(=O)c1ccc(F)c2scnc12. The van der Waals surface area contributed by atoms with Crippen LogP contribution in [0.25, 0.3) is 10.2 Å². The van der Waals surface area contributed by atoms with Crippen LogP contribution in [-0.4, -0.2) is 19.7 Å². The van der Waals surface area contributed by atoms with Gasteiger partial charge in [0.2, 0.25) is 0 Å². The van der Waals surface area contributed by atoms with Crippen LogP contribution in [0.2, 0.25) is 0 Å². The number of halogens is 1. The zero-order valence-corrected chi connectivity index (χ0v) is 8.82. The summed E-state index contributed by atoms with van der Waals surface area (Å²) in [6.07, 6.45) is 1.08. The van der Waals surface area contributed by atoms with Crippen molar-refractivity contribution in [3.05, 3.63) is 23.5 Å². The van der Waals surface area contributed by atoms with Gasteiger partial charge < -0.3 is 0 Å². The third-order valence-corrected chi connectivity index (χ3v) is 3.76. The normalized spacial score (nSPS) is 12.1. The second-order valence-corrected chi connectivity index (χ2v) is 5.69. The maximum atomic E-state index is 13.2. The molecule has 0 radical (unpaired) electrons. The highest BCUT2D eigenvalue weighted by Crippen LogP contribution is 2.27. The fourth-order valence-corrected chi connectivity index (χ4v) is 2.80. The Morgan fingerprint density at radius 1 is 1.43 bits per heavy atom. The first-order chi connectivity index (χ1) is 6.50. The number of hydrogen-bond donors (Lipinski definition) is 0. The van der Waals surface area contributed by atoms with E-state index in [0.29, 0.717) is 0 Å². The molecule has 0 unspecified atom stereocenters. The largest absolute Gasteiger partial charge is 0.243 e. The van der Waals surface area contributed by atoms with Gasteiger partial charge in [-0.2, -0.15) is 0 Å². The van der Waals surface area contributed by atoms with Gasteiger partial charge in [-0.15, -0.1) is 11.3 Å². The van der Waals surface area contributed by atoms with E-state index in [9.17, 15) is 12.8 Å². The molecule has 6 heteroatoms. The van der Waals surface area contributed by atoms with Crippen LogP contribution in [0.5, 0.6) is 0 Å². The monoisotopic (exact) mass is 231 g/mol. The van der Waals surface area contributed by atoms with Gasteiger partial charge in [0.1, 0.15) is 11.3 Å². The minimum atomic E-state index is -3.34. The number of thiazole rings is 1. The third kappa shape index (κ3) is 1.40. The van der Waals surface area contributed by atoms with Crippen molar-refractivity contribution in [1.29, 1.82) is 0 Å². The Bertz CT molecular complexity index is 588. The van der Waals surface area contributed by atoms with Crippen molar-refractivity contribution >= 4 is 31.4 Å². The van der Waals surface area contributed by atoms with E-state index in [0.717, 1.165) is 23.7 Å². The van der Waals surface area contributed by atoms with E-state index in [2.05, 4.69) is 4.98 Å². The Morgan fingerprint density at radius 3 is 2.79 bits per heavy atom. The van der Waals surface area contributed by atoms with Crippen LogP contribution in [0.3, 0.4) is 0 Å². The average Bonchev–Trinajstić information content (AvgIpc) is 2.50. The number of rotatable bonds is 1. The van der Waals surface area contributed by atoms with Gasteiger partial charge in [-0.1, -0.05) is 0 Å². The molecule has 74 valence electrons. The minimum absolute atomic E-state index is 0.0788. The summed E-state index contributed by atoms with van der Waals surface area (Å²) in [6.45, 7) is 0. The summed E-state index contributed by atoms with van der Waals surface area (Å²) in [6, 6.07) is 2.39. The highest BCUT2D eigenvalue weighted by atomic mass is 32.2. The van der Waals surface area contributed by atoms with Gasteiger partial charge in [-0.05, 0) is 12.1 Å². The van der Waals surface area contributed by atoms with E-state index in [1.54, 1.807) is 0 Å². The molecular weight excluding hydrogens is 225 g/mol. The van der Waals surface area contributed by atoms with E-state index in [4.69, 9.17) is 0 Å². The van der Waals surface area contributed by atoms with Crippen molar-refractivity contribution in [3.8, 4) is 0 Å². The van der Waals surface area contributed by atoms with E-state index < -0.39 is 15.7 Å². The van der Waals surface area contributed by atoms with Crippen molar-refractivity contribution in [1.82, 2.24) is 4.98 Å². The van der Waals surface area contributed by atoms with Gasteiger partial charge in [0.05, 0.1) is 15.1 Å². The highest BCUT2D eigenvalue weighted by Gasteiger charge is 2.15. The second kappa shape index (κ2) is 2.99. The summed E-state index contributed by atoms with van der Waals surface area (Å²) in [4.78, 5) is 3.92. The lowest BCUT2D eigenvalue weighted by Gasteiger charge is -1.99. The molecule has 0 saturated heterocycles. The molecule has 0 aliphatic heterocycles. The minimum Gasteiger partial charge on any atom is -0.243 e. The number of fused-ring (bicyclic) bond motifs is 1. The zero-order valence-electron chi connectivity index (χ0n) is 7.19. The molecule has 0 bridgehead atoms. The summed E-state index contributed by atoms with van der Waals surface area (Å²) in [7, 11) is -3.34. The summed E-state index contributed by atoms with van der Waals surface area (Å²) >= 11 is 1.09. The Hall–Kier alpha value is -1.01. The number of aromatic nitrogens is 1. The topological polar surface area (TPSA) is 47.0 Å². The Kier molecular flexibility index (Phi) is 2.04. The number of nitrogens with zero attached hydrogens (tertiary/aromatic N) is 1. The molecule has 0 aliphatic carbocycles. The number of sulfone groups is 1. The van der Waals surface area contributed by atoms with Crippen LogP contribution in [0.1, 0.15) is 0 Å². The molecule has 0 atom stereocenters. The highest BCUT2D eigenvalue weighted by molar-refractivity contribution is 7.91. The maximum absolute atomic E-state index is 13.2. The summed E-state index contributed by atoms with van der Waals surface area (Å²) in [5, 5.41) is 0. The number of benzene rings is 1. The van der Waals surface area contributed by atoms with Crippen LogP contribution >= 0.6 is 11.3 Å². The molecule has 0 N–H and O–H groups in total. The van der Waals surface area contributed by atoms with Crippen LogP contribution in [0.15, 0.2) is 22.5 Å². The maximum Gasteiger partial charge on any atom is 0.177 e. The van der Waals surface area contributed by atoms with Crippen LogP contribution in [0, 0.1) is 5.82 Å². The summed E-state index contributed by atoms with van der Waals surface area (Å²) < 4.78 is 36.0. The van der Waals surface area contributed by atoms with Gasteiger partial charge in [0.25, 0.3) is 0 Å². The Labute approximate surface area is 84.1 Å². The van der Waals surface area contributed by atoms with Crippen molar-refractivity contribution < 1.29 is 12.8 Å². The van der Waals surface area contributed by atoms with Crippen LogP contribution < -0.4 is 0 Å². The quantitative estimate of drug-likeness (QED) is 0.703. The molecule has 0 spiro atoms. The molecule has 1 aromatic heterocycles. The van der Waals surface area contributed by atoms with E-state index in [1.807, 2.05) is 0 Å². The van der Waals surface area contributed by atoms with Crippen molar-refractivity contribution in [2.24, 2.45) is 0 Å². The van der Waals surface area contributed by atoms with Crippen LogP contribution in [0.4, 0.5) is 4.39 Å². The molecule has 2 aromatic rings. The lowest BCUT2D eigenvalue weighted by molar-refractivity contribution is 0.602. The van der Waals surface area contributed by atoms with Crippen molar-refractivity contribution in [2.75, 3.05) is 6.26 Å². The molecule has 0 amide bonds. The predicted octanol–water partition coefficient (Wildman–Crippen LogP) is 1.84. The molecule has 0 fully saturated rings. The van der Waals surface area contributed by atoms with Gasteiger partial charge >= 0.3 is 0 Å². The van der Waals surface area contributed by atoms with E-state index >= 15 is 0 Å². The van der Waals surface area contributed by atoms with Gasteiger partial charge in [-0.25, -0.2) is 17.8 Å². The van der Waals surface area contributed by atoms with Crippen molar-refractivity contribution in [3.63, 3.8) is 0 Å². The molecule has 1 heterocycles. The van der Waals surface area contributed by atoms with Gasteiger partial charge in [0, 0.05) is 6.26 Å². The first-order valence-corrected chi connectivity index (χ1v) is 6.49. The lowest BCUT2D eigenvalue weighted by atomic mass is 10.3. The molecular formula is C8H6FNO2S2. The molecule has 0 aliphatic rings. The van der Waals surface area contributed by atoms with Crippen molar-refractivity contribution in [2.45, 2.75) is 4.90 Å². The smallest absolute Gasteiger partial charge is 0.177 e. The summed E-state index contributed by atoms with van der Waals surface area (Å²) in [5.74, 6) is -0.435. The summed E-state index contributed by atoms with van der Waals surface area (Å²) in [5.41, 5.74) is 1.65. The van der Waals surface area contributed by atoms with Gasteiger partial charge in [0.15, 0.2) is 9.84 Å². The zero-order chi connectivity index (χ0) is 10.3. The lowest BCUT2D eigenvalue weighted by Crippen LogP contribution is -1.98. The van der Waals surface area contributed by atoms with Gasteiger partial charge in [-0.3, -0.25) is 0 Å². The average molecular weight is 231 g/mol. The third-order valence-electron chi connectivity index (χ3n) is 1.80. The molecule has 1 aromatic carbocycles. The first-order valence-electron chi connectivity index (χ1n) is 3.72. The van der Waals surface area contributed by atoms with E-state index in [-0.39, 0.29) is 15.1 Å². The van der Waals surface area contributed by atoms with Crippen LogP contribution in [-0.2, 0) is 9.84 Å². The molecule has 3 nitrogen and oxygen atoms in total. The molecule has 2 rings (SSSR count). The molecule has 14 heavy (non-hydrogen) atoms. The Morgan fingerprint density at radius 2 is 2.14 bits per heavy atom. The number of hydrogen-bond acceptors (Lipinski definition) is 4. The second-order valence-electron chi connectivity index (χ2n) is 2.85. The molecule has 0 saturated carbocycles.